The fourth-order valence-electron chi connectivity index (χ4n) is 2.46. The predicted octanol–water partition coefficient (Wildman–Crippen LogP) is 2.01. The van der Waals surface area contributed by atoms with E-state index in [1.807, 2.05) is 32.9 Å². The lowest BCUT2D eigenvalue weighted by atomic mass is 9.79. The molecule has 0 aliphatic heterocycles. The van der Waals surface area contributed by atoms with Gasteiger partial charge in [0, 0.05) is 0 Å². The molecule has 0 spiro atoms. The Morgan fingerprint density at radius 1 is 1.00 bits per heavy atom. The van der Waals surface area contributed by atoms with Crippen LogP contribution in [-0.2, 0) is 6.61 Å². The van der Waals surface area contributed by atoms with Crippen molar-refractivity contribution < 1.29 is 19.2 Å². The smallest absolute Gasteiger partial charge is 0.488 e. The number of benzene rings is 2. The van der Waals surface area contributed by atoms with E-state index in [-0.39, 0.29) is 12.1 Å². The molecule has 2 aromatic carbocycles. The molecular weight excluding hydrogens is 270 g/mol. The molecule has 0 aromatic heterocycles. The average molecular weight is 288 g/mol. The van der Waals surface area contributed by atoms with Crippen LogP contribution in [0.15, 0.2) is 30.3 Å². The van der Waals surface area contributed by atoms with Crippen LogP contribution in [0, 0.1) is 26.6 Å². The SMILES string of the molecule is Cc1cc(C)c(OCc2cc(F)cc(B(O)O)c2)c(C)c1. The van der Waals surface area contributed by atoms with E-state index in [9.17, 15) is 4.39 Å². The van der Waals surface area contributed by atoms with Crippen molar-refractivity contribution in [1.82, 2.24) is 0 Å². The summed E-state index contributed by atoms with van der Waals surface area (Å²) in [5.41, 5.74) is 3.87. The summed E-state index contributed by atoms with van der Waals surface area (Å²) >= 11 is 0. The first-order valence-corrected chi connectivity index (χ1v) is 6.73. The highest BCUT2D eigenvalue weighted by atomic mass is 19.1. The van der Waals surface area contributed by atoms with Gasteiger partial charge in [0.05, 0.1) is 0 Å². The molecule has 2 N–H and O–H groups in total. The van der Waals surface area contributed by atoms with Gasteiger partial charge in [-0.3, -0.25) is 0 Å². The lowest BCUT2D eigenvalue weighted by molar-refractivity contribution is 0.301. The number of rotatable bonds is 4. The van der Waals surface area contributed by atoms with Crippen LogP contribution in [0.1, 0.15) is 22.3 Å². The van der Waals surface area contributed by atoms with E-state index >= 15 is 0 Å². The van der Waals surface area contributed by atoms with E-state index in [1.54, 1.807) is 0 Å². The molecule has 0 heterocycles. The number of hydrogen-bond acceptors (Lipinski definition) is 3. The fraction of sp³-hybridized carbons (Fsp3) is 0.250. The molecule has 0 unspecified atom stereocenters. The predicted molar refractivity (Wildman–Crippen MR) is 81.2 cm³/mol. The van der Waals surface area contributed by atoms with Crippen molar-refractivity contribution >= 4 is 12.6 Å². The van der Waals surface area contributed by atoms with Crippen LogP contribution in [0.3, 0.4) is 0 Å². The maximum atomic E-state index is 13.4. The third kappa shape index (κ3) is 3.83. The molecule has 0 radical (unpaired) electrons. The monoisotopic (exact) mass is 288 g/mol. The third-order valence-electron chi connectivity index (χ3n) is 3.27. The standard InChI is InChI=1S/C16H18BFO3/c1-10-4-11(2)16(12(3)5-10)21-9-13-6-14(17(19)20)8-15(18)7-13/h4-8,19-20H,9H2,1-3H3. The van der Waals surface area contributed by atoms with E-state index in [0.29, 0.717) is 5.56 Å². The van der Waals surface area contributed by atoms with Gasteiger partial charge in [0.25, 0.3) is 0 Å². The molecule has 0 bridgehead atoms. The van der Waals surface area contributed by atoms with Gasteiger partial charge in [-0.05, 0) is 55.1 Å². The molecule has 2 rings (SSSR count). The van der Waals surface area contributed by atoms with Gasteiger partial charge in [0.15, 0.2) is 0 Å². The first kappa shape index (κ1) is 15.5. The molecule has 2 aromatic rings. The molecule has 0 saturated heterocycles. The number of halogens is 1. The van der Waals surface area contributed by atoms with Crippen molar-refractivity contribution in [3.05, 3.63) is 58.4 Å². The van der Waals surface area contributed by atoms with E-state index < -0.39 is 12.9 Å². The minimum atomic E-state index is -1.69. The number of hydrogen-bond donors (Lipinski definition) is 2. The Kier molecular flexibility index (Phi) is 4.65. The Labute approximate surface area is 124 Å². The van der Waals surface area contributed by atoms with E-state index in [1.165, 1.54) is 12.1 Å². The van der Waals surface area contributed by atoms with E-state index in [2.05, 4.69) is 0 Å². The number of ether oxygens (including phenoxy) is 1. The lowest BCUT2D eigenvalue weighted by Gasteiger charge is -2.14. The van der Waals surface area contributed by atoms with Gasteiger partial charge in [-0.25, -0.2) is 4.39 Å². The molecule has 110 valence electrons. The summed E-state index contributed by atoms with van der Waals surface area (Å²) in [6, 6.07) is 7.99. The lowest BCUT2D eigenvalue weighted by Crippen LogP contribution is -2.30. The van der Waals surface area contributed by atoms with E-state index in [4.69, 9.17) is 14.8 Å². The Bertz CT molecular complexity index is 633. The average Bonchev–Trinajstić information content (AvgIpc) is 2.36. The Morgan fingerprint density at radius 3 is 2.19 bits per heavy atom. The van der Waals surface area contributed by atoms with E-state index in [0.717, 1.165) is 28.5 Å². The van der Waals surface area contributed by atoms with Crippen LogP contribution >= 0.6 is 0 Å². The highest BCUT2D eigenvalue weighted by molar-refractivity contribution is 6.58. The van der Waals surface area contributed by atoms with Crippen LogP contribution in [0.5, 0.6) is 5.75 Å². The molecule has 0 aliphatic rings. The summed E-state index contributed by atoms with van der Waals surface area (Å²) in [5, 5.41) is 18.2. The van der Waals surface area contributed by atoms with Gasteiger partial charge < -0.3 is 14.8 Å². The molecule has 0 aliphatic carbocycles. The quantitative estimate of drug-likeness (QED) is 0.846. The van der Waals surface area contributed by atoms with Crippen molar-refractivity contribution in [3.8, 4) is 5.75 Å². The van der Waals surface area contributed by atoms with Crippen molar-refractivity contribution in [2.45, 2.75) is 27.4 Å². The van der Waals surface area contributed by atoms with Crippen LogP contribution in [0.2, 0.25) is 0 Å². The van der Waals surface area contributed by atoms with Crippen LogP contribution in [-0.4, -0.2) is 17.2 Å². The minimum absolute atomic E-state index is 0.117. The Morgan fingerprint density at radius 2 is 1.62 bits per heavy atom. The molecular formula is C16H18BFO3. The zero-order valence-electron chi connectivity index (χ0n) is 12.4. The summed E-state index contributed by atoms with van der Waals surface area (Å²) in [7, 11) is -1.69. The molecule has 21 heavy (non-hydrogen) atoms. The maximum absolute atomic E-state index is 13.4. The fourth-order valence-corrected chi connectivity index (χ4v) is 2.46. The molecule has 0 atom stereocenters. The van der Waals surface area contributed by atoms with Crippen molar-refractivity contribution in [2.75, 3.05) is 0 Å². The summed E-state index contributed by atoms with van der Waals surface area (Å²) in [4.78, 5) is 0. The van der Waals surface area contributed by atoms with Gasteiger partial charge >= 0.3 is 7.12 Å². The molecule has 0 saturated carbocycles. The summed E-state index contributed by atoms with van der Waals surface area (Å²) in [6.45, 7) is 6.11. The van der Waals surface area contributed by atoms with Gasteiger partial charge in [-0.2, -0.15) is 0 Å². The van der Waals surface area contributed by atoms with Crippen LogP contribution < -0.4 is 10.2 Å². The molecule has 3 nitrogen and oxygen atoms in total. The second kappa shape index (κ2) is 6.29. The van der Waals surface area contributed by atoms with Crippen LogP contribution in [0.4, 0.5) is 4.39 Å². The zero-order chi connectivity index (χ0) is 15.6. The van der Waals surface area contributed by atoms with Gasteiger partial charge in [-0.15, -0.1) is 0 Å². The maximum Gasteiger partial charge on any atom is 0.488 e. The number of aryl methyl sites for hydroxylation is 3. The third-order valence-corrected chi connectivity index (χ3v) is 3.27. The topological polar surface area (TPSA) is 49.7 Å². The second-order valence-electron chi connectivity index (χ2n) is 5.28. The zero-order valence-corrected chi connectivity index (χ0v) is 12.4. The van der Waals surface area contributed by atoms with Gasteiger partial charge in [0.2, 0.25) is 0 Å². The van der Waals surface area contributed by atoms with Crippen molar-refractivity contribution in [2.24, 2.45) is 0 Å². The highest BCUT2D eigenvalue weighted by Gasteiger charge is 2.14. The Balaban J connectivity index is 2.21. The highest BCUT2D eigenvalue weighted by Crippen LogP contribution is 2.25. The van der Waals surface area contributed by atoms with Crippen molar-refractivity contribution in [1.29, 1.82) is 0 Å². The molecule has 0 fully saturated rings. The molecule has 0 amide bonds. The first-order chi connectivity index (χ1) is 9.86. The minimum Gasteiger partial charge on any atom is -0.488 e. The van der Waals surface area contributed by atoms with Gasteiger partial charge in [-0.1, -0.05) is 23.8 Å². The summed E-state index contributed by atoms with van der Waals surface area (Å²) in [5.74, 6) is 0.257. The molecule has 5 heteroatoms. The largest absolute Gasteiger partial charge is 0.488 e. The Hall–Kier alpha value is -1.85. The van der Waals surface area contributed by atoms with Crippen LogP contribution in [0.25, 0.3) is 0 Å². The van der Waals surface area contributed by atoms with Gasteiger partial charge in [0.1, 0.15) is 18.2 Å². The first-order valence-electron chi connectivity index (χ1n) is 6.73. The normalized spacial score (nSPS) is 10.6. The second-order valence-corrected chi connectivity index (χ2v) is 5.28. The summed E-state index contributed by atoms with van der Waals surface area (Å²) in [6.07, 6.45) is 0. The van der Waals surface area contributed by atoms with Crippen molar-refractivity contribution in [3.63, 3.8) is 0 Å². The summed E-state index contributed by atoms with van der Waals surface area (Å²) < 4.78 is 19.2.